The maximum atomic E-state index is 10.9. The molecule has 150 valence electrons. The summed E-state index contributed by atoms with van der Waals surface area (Å²) in [4.78, 5) is 21.5. The number of hydrogen-bond donors (Lipinski definition) is 2. The third-order valence-electron chi connectivity index (χ3n) is 4.30. The number of carboxylic acids is 2. The molecule has 0 spiro atoms. The van der Waals surface area contributed by atoms with E-state index in [1.807, 2.05) is 36.4 Å². The molecule has 0 unspecified atom stereocenters. The Balaban J connectivity index is 0.000000234. The van der Waals surface area contributed by atoms with Gasteiger partial charge in [0.2, 0.25) is 0 Å². The van der Waals surface area contributed by atoms with Gasteiger partial charge in [0, 0.05) is 4.47 Å². The molecule has 0 radical (unpaired) electrons. The zero-order valence-electron chi connectivity index (χ0n) is 16.3. The van der Waals surface area contributed by atoms with Crippen LogP contribution in [0.3, 0.4) is 0 Å². The molecular formula is C23H21BrO5. The van der Waals surface area contributed by atoms with Crippen molar-refractivity contribution < 1.29 is 24.5 Å². The van der Waals surface area contributed by atoms with Gasteiger partial charge in [0.1, 0.15) is 5.75 Å². The van der Waals surface area contributed by atoms with Gasteiger partial charge in [-0.15, -0.1) is 0 Å². The highest BCUT2D eigenvalue weighted by atomic mass is 79.9. The first-order valence-electron chi connectivity index (χ1n) is 8.70. The number of benzene rings is 3. The first-order chi connectivity index (χ1) is 13.7. The average Bonchev–Trinajstić information content (AvgIpc) is 2.68. The van der Waals surface area contributed by atoms with Crippen molar-refractivity contribution in [3.8, 4) is 16.9 Å². The van der Waals surface area contributed by atoms with Gasteiger partial charge in [0.15, 0.2) is 0 Å². The Bertz CT molecular complexity index is 1030. The van der Waals surface area contributed by atoms with E-state index in [1.54, 1.807) is 45.2 Å². The van der Waals surface area contributed by atoms with Crippen molar-refractivity contribution in [2.75, 3.05) is 7.11 Å². The number of hydrogen-bond acceptors (Lipinski definition) is 3. The summed E-state index contributed by atoms with van der Waals surface area (Å²) in [5.74, 6) is -0.971. The molecular weight excluding hydrogens is 436 g/mol. The first-order valence-corrected chi connectivity index (χ1v) is 9.50. The van der Waals surface area contributed by atoms with Crippen LogP contribution in [0, 0.1) is 13.8 Å². The van der Waals surface area contributed by atoms with Gasteiger partial charge in [-0.2, -0.15) is 0 Å². The molecule has 0 aliphatic carbocycles. The predicted octanol–water partition coefficient (Wildman–Crippen LogP) is 5.82. The molecule has 0 heterocycles. The Morgan fingerprint density at radius 1 is 0.759 bits per heavy atom. The van der Waals surface area contributed by atoms with Gasteiger partial charge in [0.05, 0.1) is 18.2 Å². The topological polar surface area (TPSA) is 83.8 Å². The number of aryl methyl sites for hydroxylation is 2. The minimum atomic E-state index is -0.895. The number of carboxylic acid groups (broad SMARTS) is 2. The standard InChI is InChI=1S/C15H14O3.C8H7BrO2/c1-10-9-12(5-8-14(10)15(16)17)11-3-6-13(18-2)7-4-11;1-5-4-6(9)2-3-7(5)8(10)11/h3-9H,1-2H3,(H,16,17);2-4H,1H3,(H,10,11). The van der Waals surface area contributed by atoms with Crippen molar-refractivity contribution in [3.63, 3.8) is 0 Å². The summed E-state index contributed by atoms with van der Waals surface area (Å²) >= 11 is 3.25. The zero-order chi connectivity index (χ0) is 21.6. The maximum absolute atomic E-state index is 10.9. The molecule has 29 heavy (non-hydrogen) atoms. The Morgan fingerprint density at radius 3 is 1.69 bits per heavy atom. The van der Waals surface area contributed by atoms with Crippen LogP contribution in [-0.4, -0.2) is 29.3 Å². The molecule has 0 saturated heterocycles. The van der Waals surface area contributed by atoms with Gasteiger partial charge in [-0.1, -0.05) is 40.2 Å². The van der Waals surface area contributed by atoms with E-state index in [0.717, 1.165) is 32.5 Å². The van der Waals surface area contributed by atoms with Gasteiger partial charge in [0.25, 0.3) is 0 Å². The number of methoxy groups -OCH3 is 1. The lowest BCUT2D eigenvalue weighted by Crippen LogP contribution is -1.99. The minimum Gasteiger partial charge on any atom is -0.497 e. The van der Waals surface area contributed by atoms with E-state index < -0.39 is 11.9 Å². The second kappa shape index (κ2) is 9.89. The lowest BCUT2D eigenvalue weighted by atomic mass is 10.00. The molecule has 0 bridgehead atoms. The monoisotopic (exact) mass is 456 g/mol. The molecule has 0 aliphatic heterocycles. The van der Waals surface area contributed by atoms with Crippen LogP contribution in [-0.2, 0) is 0 Å². The summed E-state index contributed by atoms with van der Waals surface area (Å²) in [5, 5.41) is 17.6. The van der Waals surface area contributed by atoms with E-state index in [0.29, 0.717) is 11.1 Å². The normalized spacial score (nSPS) is 9.93. The third kappa shape index (κ3) is 5.93. The fraction of sp³-hybridized carbons (Fsp3) is 0.130. The Labute approximate surface area is 177 Å². The van der Waals surface area contributed by atoms with Gasteiger partial charge in [-0.05, 0) is 72.5 Å². The van der Waals surface area contributed by atoms with Crippen LogP contribution >= 0.6 is 15.9 Å². The van der Waals surface area contributed by atoms with Crippen LogP contribution in [0.1, 0.15) is 31.8 Å². The van der Waals surface area contributed by atoms with Crippen molar-refractivity contribution >= 4 is 27.9 Å². The molecule has 0 saturated carbocycles. The zero-order valence-corrected chi connectivity index (χ0v) is 17.9. The number of rotatable bonds is 4. The molecule has 3 aromatic carbocycles. The molecule has 0 amide bonds. The molecule has 3 rings (SSSR count). The Kier molecular flexibility index (Phi) is 7.56. The van der Waals surface area contributed by atoms with Gasteiger partial charge >= 0.3 is 11.9 Å². The van der Waals surface area contributed by atoms with Crippen LogP contribution in [0.2, 0.25) is 0 Å². The third-order valence-corrected chi connectivity index (χ3v) is 4.79. The molecule has 6 heteroatoms. The van der Waals surface area contributed by atoms with Crippen LogP contribution in [0.15, 0.2) is 65.1 Å². The summed E-state index contributed by atoms with van der Waals surface area (Å²) in [6, 6.07) is 18.1. The van der Waals surface area contributed by atoms with Crippen molar-refractivity contribution in [1.29, 1.82) is 0 Å². The second-order valence-corrected chi connectivity index (χ2v) is 7.24. The molecule has 0 aromatic heterocycles. The SMILES string of the molecule is COc1ccc(-c2ccc(C(=O)O)c(C)c2)cc1.Cc1cc(Br)ccc1C(=O)O. The summed E-state index contributed by atoms with van der Waals surface area (Å²) in [7, 11) is 1.63. The average molecular weight is 457 g/mol. The highest BCUT2D eigenvalue weighted by Crippen LogP contribution is 2.24. The lowest BCUT2D eigenvalue weighted by molar-refractivity contribution is 0.0685. The van der Waals surface area contributed by atoms with E-state index in [4.69, 9.17) is 14.9 Å². The van der Waals surface area contributed by atoms with E-state index in [-0.39, 0.29) is 0 Å². The minimum absolute atomic E-state index is 0.340. The smallest absolute Gasteiger partial charge is 0.335 e. The molecule has 0 aliphatic rings. The summed E-state index contributed by atoms with van der Waals surface area (Å²) in [6.45, 7) is 3.57. The van der Waals surface area contributed by atoms with Crippen molar-refractivity contribution in [1.82, 2.24) is 0 Å². The van der Waals surface area contributed by atoms with Crippen molar-refractivity contribution in [3.05, 3.63) is 87.4 Å². The molecule has 3 aromatic rings. The quantitative estimate of drug-likeness (QED) is 0.516. The first kappa shape index (κ1) is 22.2. The van der Waals surface area contributed by atoms with Crippen LogP contribution < -0.4 is 4.74 Å². The summed E-state index contributed by atoms with van der Waals surface area (Å²) < 4.78 is 6.00. The highest BCUT2D eigenvalue weighted by Gasteiger charge is 2.08. The summed E-state index contributed by atoms with van der Waals surface area (Å²) in [5.41, 5.74) is 4.26. The molecule has 0 fully saturated rings. The van der Waals surface area contributed by atoms with E-state index in [1.165, 1.54) is 0 Å². The fourth-order valence-corrected chi connectivity index (χ4v) is 3.21. The molecule has 5 nitrogen and oxygen atoms in total. The van der Waals surface area contributed by atoms with E-state index >= 15 is 0 Å². The molecule has 2 N–H and O–H groups in total. The highest BCUT2D eigenvalue weighted by molar-refractivity contribution is 9.10. The van der Waals surface area contributed by atoms with Crippen molar-refractivity contribution in [2.45, 2.75) is 13.8 Å². The van der Waals surface area contributed by atoms with Gasteiger partial charge in [-0.3, -0.25) is 0 Å². The number of halogens is 1. The van der Waals surface area contributed by atoms with E-state index in [2.05, 4.69) is 15.9 Å². The van der Waals surface area contributed by atoms with Gasteiger partial charge < -0.3 is 14.9 Å². The maximum Gasteiger partial charge on any atom is 0.335 e. The predicted molar refractivity (Wildman–Crippen MR) is 116 cm³/mol. The fourth-order valence-electron chi connectivity index (χ4n) is 2.73. The molecule has 0 atom stereocenters. The largest absolute Gasteiger partial charge is 0.497 e. The number of carbonyl (C=O) groups is 2. The van der Waals surface area contributed by atoms with E-state index in [9.17, 15) is 9.59 Å². The lowest BCUT2D eigenvalue weighted by Gasteiger charge is -2.06. The van der Waals surface area contributed by atoms with Crippen LogP contribution in [0.5, 0.6) is 5.75 Å². The van der Waals surface area contributed by atoms with Crippen LogP contribution in [0.25, 0.3) is 11.1 Å². The number of ether oxygens (including phenoxy) is 1. The second-order valence-electron chi connectivity index (χ2n) is 6.33. The number of aromatic carboxylic acids is 2. The summed E-state index contributed by atoms with van der Waals surface area (Å²) in [6.07, 6.45) is 0. The van der Waals surface area contributed by atoms with Gasteiger partial charge in [-0.25, -0.2) is 9.59 Å². The Hall–Kier alpha value is -3.12. The van der Waals surface area contributed by atoms with Crippen LogP contribution in [0.4, 0.5) is 0 Å². The Morgan fingerprint density at radius 2 is 1.24 bits per heavy atom. The van der Waals surface area contributed by atoms with Crippen molar-refractivity contribution in [2.24, 2.45) is 0 Å².